The summed E-state index contributed by atoms with van der Waals surface area (Å²) in [6, 6.07) is 15.7. The molecule has 1 aliphatic heterocycles. The molecular formula is C32H43N3O7. The van der Waals surface area contributed by atoms with Crippen LogP contribution in [0.1, 0.15) is 58.6 Å². The number of benzene rings is 2. The van der Waals surface area contributed by atoms with E-state index in [1.165, 1.54) is 9.80 Å². The van der Waals surface area contributed by atoms with E-state index in [2.05, 4.69) is 5.32 Å². The third-order valence-electron chi connectivity index (χ3n) is 7.07. The number of hydrogen-bond acceptors (Lipinski definition) is 7. The zero-order chi connectivity index (χ0) is 30.9. The number of carboxylic acids is 1. The Balaban J connectivity index is 1.78. The average molecular weight is 582 g/mol. The molecule has 2 amide bonds. The fraction of sp³-hybridized carbons (Fsp3) is 0.500. The van der Waals surface area contributed by atoms with Crippen LogP contribution in [-0.4, -0.2) is 81.8 Å². The zero-order valence-electron chi connectivity index (χ0n) is 25.1. The van der Waals surface area contributed by atoms with E-state index in [1.807, 2.05) is 60.7 Å². The molecule has 10 heteroatoms. The number of hydrogen-bond donors (Lipinski definition) is 2. The minimum atomic E-state index is -1.16. The van der Waals surface area contributed by atoms with Crippen molar-refractivity contribution in [2.24, 2.45) is 0 Å². The molecule has 0 radical (unpaired) electrons. The van der Waals surface area contributed by atoms with Crippen molar-refractivity contribution >= 4 is 23.9 Å². The van der Waals surface area contributed by atoms with Crippen LogP contribution < -0.4 is 5.32 Å². The van der Waals surface area contributed by atoms with Crippen molar-refractivity contribution in [1.82, 2.24) is 15.1 Å². The van der Waals surface area contributed by atoms with Crippen molar-refractivity contribution in [1.29, 1.82) is 0 Å². The molecule has 1 heterocycles. The number of carboxylic acid groups (broad SMARTS) is 1. The fourth-order valence-corrected chi connectivity index (χ4v) is 5.05. The third kappa shape index (κ3) is 9.30. The van der Waals surface area contributed by atoms with Gasteiger partial charge in [-0.25, -0.2) is 9.59 Å². The molecule has 4 atom stereocenters. The molecule has 1 aliphatic rings. The van der Waals surface area contributed by atoms with Crippen LogP contribution in [0.4, 0.5) is 4.79 Å². The van der Waals surface area contributed by atoms with Gasteiger partial charge in [0.05, 0.1) is 18.7 Å². The molecule has 42 heavy (non-hydrogen) atoms. The van der Waals surface area contributed by atoms with Gasteiger partial charge in [-0.3, -0.25) is 19.8 Å². The molecule has 0 aliphatic carbocycles. The predicted octanol–water partition coefficient (Wildman–Crippen LogP) is 4.02. The lowest BCUT2D eigenvalue weighted by atomic mass is 10.0. The monoisotopic (exact) mass is 581 g/mol. The maximum absolute atomic E-state index is 13.7. The standard InChI is InChI=1S/C32H43N3O7/c1-6-41-30(39)26(18-17-23-13-9-7-10-14-23)33-22(2)28(36)35-21-25(19-27(35)29(37)38)34(31(40)42-32(3,4)5)20-24-15-11-8-12-16-24/h7-16,22,25-27,33H,6,17-21H2,1-5H3,(H,37,38)/t22-,25?,26-,27-/m0/s1. The Labute approximate surface area is 248 Å². The molecule has 10 nitrogen and oxygen atoms in total. The Bertz CT molecular complexity index is 1200. The lowest BCUT2D eigenvalue weighted by Gasteiger charge is -2.32. The van der Waals surface area contributed by atoms with Crippen molar-refractivity contribution in [2.45, 2.75) is 90.2 Å². The molecular weight excluding hydrogens is 538 g/mol. The minimum absolute atomic E-state index is 0.0159. The summed E-state index contributed by atoms with van der Waals surface area (Å²) in [6.45, 7) is 9.04. The lowest BCUT2D eigenvalue weighted by Crippen LogP contribution is -2.53. The van der Waals surface area contributed by atoms with Crippen LogP contribution in [0, 0.1) is 0 Å². The summed E-state index contributed by atoms with van der Waals surface area (Å²) in [4.78, 5) is 54.8. The summed E-state index contributed by atoms with van der Waals surface area (Å²) in [5, 5.41) is 13.1. The normalized spacial score (nSPS) is 18.2. The van der Waals surface area contributed by atoms with Crippen molar-refractivity contribution in [3.05, 3.63) is 71.8 Å². The van der Waals surface area contributed by atoms with Gasteiger partial charge in [0.25, 0.3) is 0 Å². The largest absolute Gasteiger partial charge is 0.480 e. The van der Waals surface area contributed by atoms with E-state index >= 15 is 0 Å². The second-order valence-electron chi connectivity index (χ2n) is 11.5. The van der Waals surface area contributed by atoms with Gasteiger partial charge in [-0.15, -0.1) is 0 Å². The Hall–Kier alpha value is -3.92. The van der Waals surface area contributed by atoms with Gasteiger partial charge in [-0.1, -0.05) is 60.7 Å². The number of nitrogens with zero attached hydrogens (tertiary/aromatic N) is 2. The second kappa shape index (κ2) is 14.8. The van der Waals surface area contributed by atoms with E-state index < -0.39 is 53.7 Å². The first-order valence-electron chi connectivity index (χ1n) is 14.4. The van der Waals surface area contributed by atoms with E-state index in [9.17, 15) is 24.3 Å². The maximum Gasteiger partial charge on any atom is 0.410 e. The van der Waals surface area contributed by atoms with Crippen LogP contribution >= 0.6 is 0 Å². The number of nitrogens with one attached hydrogen (secondary N) is 1. The molecule has 3 rings (SSSR count). The highest BCUT2D eigenvalue weighted by atomic mass is 16.6. The fourth-order valence-electron chi connectivity index (χ4n) is 5.05. The summed E-state index contributed by atoms with van der Waals surface area (Å²) in [5.74, 6) is -2.10. The van der Waals surface area contributed by atoms with Gasteiger partial charge >= 0.3 is 18.0 Å². The number of rotatable bonds is 12. The van der Waals surface area contributed by atoms with Crippen LogP contribution in [-0.2, 0) is 36.8 Å². The van der Waals surface area contributed by atoms with Crippen molar-refractivity contribution in [2.75, 3.05) is 13.2 Å². The van der Waals surface area contributed by atoms with Crippen LogP contribution in [0.2, 0.25) is 0 Å². The molecule has 2 aromatic rings. The molecule has 1 fully saturated rings. The number of amides is 2. The highest BCUT2D eigenvalue weighted by Gasteiger charge is 2.45. The summed E-state index contributed by atoms with van der Waals surface area (Å²) < 4.78 is 10.9. The molecule has 1 unspecified atom stereocenters. The van der Waals surface area contributed by atoms with Crippen LogP contribution in [0.5, 0.6) is 0 Å². The zero-order valence-corrected chi connectivity index (χ0v) is 25.1. The summed E-state index contributed by atoms with van der Waals surface area (Å²) in [5.41, 5.74) is 1.14. The van der Waals surface area contributed by atoms with Gasteiger partial charge in [0, 0.05) is 19.5 Å². The maximum atomic E-state index is 13.7. The van der Waals surface area contributed by atoms with Crippen LogP contribution in [0.15, 0.2) is 60.7 Å². The first-order chi connectivity index (χ1) is 19.9. The molecule has 0 aromatic heterocycles. The van der Waals surface area contributed by atoms with Crippen molar-refractivity contribution in [3.8, 4) is 0 Å². The Morgan fingerprint density at radius 1 is 1.02 bits per heavy atom. The van der Waals surface area contributed by atoms with E-state index in [1.54, 1.807) is 34.6 Å². The Morgan fingerprint density at radius 2 is 1.62 bits per heavy atom. The van der Waals surface area contributed by atoms with Gasteiger partial charge in [0.15, 0.2) is 0 Å². The highest BCUT2D eigenvalue weighted by Crippen LogP contribution is 2.27. The van der Waals surface area contributed by atoms with E-state index in [0.29, 0.717) is 12.8 Å². The smallest absolute Gasteiger partial charge is 0.410 e. The van der Waals surface area contributed by atoms with Gasteiger partial charge in [0.1, 0.15) is 17.7 Å². The Kier molecular flexibility index (Phi) is 11.5. The van der Waals surface area contributed by atoms with Crippen LogP contribution in [0.25, 0.3) is 0 Å². The van der Waals surface area contributed by atoms with Crippen molar-refractivity contribution in [3.63, 3.8) is 0 Å². The molecule has 0 saturated carbocycles. The first-order valence-corrected chi connectivity index (χ1v) is 14.4. The van der Waals surface area contributed by atoms with E-state index in [4.69, 9.17) is 9.47 Å². The number of aryl methyl sites for hydroxylation is 1. The number of likely N-dealkylation sites (tertiary alicyclic amines) is 1. The topological polar surface area (TPSA) is 125 Å². The van der Waals surface area contributed by atoms with E-state index in [-0.39, 0.29) is 26.1 Å². The predicted molar refractivity (Wildman–Crippen MR) is 158 cm³/mol. The van der Waals surface area contributed by atoms with Crippen LogP contribution in [0.3, 0.4) is 0 Å². The Morgan fingerprint density at radius 3 is 2.17 bits per heavy atom. The number of carbonyl (C=O) groups is 4. The molecule has 2 N–H and O–H groups in total. The van der Waals surface area contributed by atoms with Gasteiger partial charge in [-0.2, -0.15) is 0 Å². The number of carbonyl (C=O) groups excluding carboxylic acids is 3. The SMILES string of the molecule is CCOC(=O)[C@H](CCc1ccccc1)N[C@@H](C)C(=O)N1CC(N(Cc2ccccc2)C(=O)OC(C)(C)C)C[C@H]1C(=O)O. The summed E-state index contributed by atoms with van der Waals surface area (Å²) in [7, 11) is 0. The van der Waals surface area contributed by atoms with Gasteiger partial charge < -0.3 is 19.5 Å². The number of aliphatic carboxylic acids is 1. The molecule has 228 valence electrons. The highest BCUT2D eigenvalue weighted by molar-refractivity contribution is 5.88. The molecule has 0 bridgehead atoms. The van der Waals surface area contributed by atoms with Gasteiger partial charge in [0.2, 0.25) is 5.91 Å². The minimum Gasteiger partial charge on any atom is -0.480 e. The average Bonchev–Trinajstić information content (AvgIpc) is 3.39. The number of esters is 1. The quantitative estimate of drug-likeness (QED) is 0.360. The van der Waals surface area contributed by atoms with E-state index in [0.717, 1.165) is 11.1 Å². The third-order valence-corrected chi connectivity index (χ3v) is 7.07. The van der Waals surface area contributed by atoms with Crippen molar-refractivity contribution < 1.29 is 33.8 Å². The molecule has 0 spiro atoms. The molecule has 1 saturated heterocycles. The second-order valence-corrected chi connectivity index (χ2v) is 11.5. The lowest BCUT2D eigenvalue weighted by molar-refractivity contribution is -0.150. The number of ether oxygens (including phenoxy) is 2. The summed E-state index contributed by atoms with van der Waals surface area (Å²) >= 11 is 0. The van der Waals surface area contributed by atoms with Gasteiger partial charge in [-0.05, 0) is 58.6 Å². The first kappa shape index (κ1) is 32.6. The summed E-state index contributed by atoms with van der Waals surface area (Å²) in [6.07, 6.45) is 0.459. The molecule has 2 aromatic carbocycles.